The van der Waals surface area contributed by atoms with Crippen LogP contribution in [0.1, 0.15) is 0 Å². The first-order chi connectivity index (χ1) is 3.46. The van der Waals surface area contributed by atoms with Crippen molar-refractivity contribution in [3.8, 4) is 0 Å². The molecule has 0 spiro atoms. The third-order valence-corrected chi connectivity index (χ3v) is 0. The van der Waals surface area contributed by atoms with Gasteiger partial charge in [0.1, 0.15) is 0 Å². The molecular formula is H8N4O4S2. The molecular weight excluding hydrogens is 184 g/mol. The summed E-state index contributed by atoms with van der Waals surface area (Å²) in [7, 11) is -5.22. The summed E-state index contributed by atoms with van der Waals surface area (Å²) in [6.45, 7) is 0. The number of hydrogen-bond acceptors (Lipinski definition) is 8. The predicted octanol–water partition coefficient (Wildman–Crippen LogP) is -0.420. The lowest BCUT2D eigenvalue weighted by Gasteiger charge is -1.18. The third kappa shape index (κ3) is 385. The molecule has 0 fully saturated rings. The summed E-state index contributed by atoms with van der Waals surface area (Å²) in [5.74, 6) is 0. The highest BCUT2D eigenvalue weighted by atomic mass is 32.2. The van der Waals surface area contributed by atoms with Gasteiger partial charge in [-0.1, -0.05) is 0 Å². The zero-order valence-corrected chi connectivity index (χ0v) is 6.50. The van der Waals surface area contributed by atoms with Crippen molar-refractivity contribution in [3.05, 3.63) is 0 Å². The van der Waals surface area contributed by atoms with E-state index >= 15 is 0 Å². The van der Waals surface area contributed by atoms with E-state index in [1.807, 2.05) is 0 Å². The maximum Gasteiger partial charge on any atom is 0.308 e. The van der Waals surface area contributed by atoms with Crippen LogP contribution in [0.4, 0.5) is 0 Å². The maximum absolute atomic E-state index is 8.67. The van der Waals surface area contributed by atoms with Gasteiger partial charge >= 0.3 is 21.0 Å². The summed E-state index contributed by atoms with van der Waals surface area (Å²) < 4.78 is 45.7. The molecule has 10 heavy (non-hydrogen) atoms. The van der Waals surface area contributed by atoms with Gasteiger partial charge in [0.25, 0.3) is 0 Å². The van der Waals surface area contributed by atoms with Crippen LogP contribution < -0.4 is 12.3 Å². The quantitative estimate of drug-likeness (QED) is 0.403. The molecule has 0 saturated heterocycles. The minimum atomic E-state index is -2.61. The molecule has 64 valence electrons. The number of nitrogens with one attached hydrogen (secondary N) is 2. The predicted molar refractivity (Wildman–Crippen MR) is 33.3 cm³/mol. The molecule has 0 aromatic carbocycles. The van der Waals surface area contributed by atoms with Gasteiger partial charge in [-0.3, -0.25) is 0 Å². The first-order valence-electron chi connectivity index (χ1n) is 1.07. The fourth-order valence-corrected chi connectivity index (χ4v) is 0. The first-order valence-corrected chi connectivity index (χ1v) is 3.22. The third-order valence-electron chi connectivity index (χ3n) is 0. The van der Waals surface area contributed by atoms with Crippen molar-refractivity contribution in [2.24, 2.45) is 0 Å². The van der Waals surface area contributed by atoms with Crippen LogP contribution in [0.25, 0.3) is 0 Å². The van der Waals surface area contributed by atoms with E-state index in [1.54, 1.807) is 0 Å². The first kappa shape index (κ1) is 22.9. The number of hydrogen-bond donors (Lipinski definition) is 4. The van der Waals surface area contributed by atoms with Crippen molar-refractivity contribution in [2.45, 2.75) is 0 Å². The van der Waals surface area contributed by atoms with Crippen molar-refractivity contribution in [2.75, 3.05) is 0 Å². The van der Waals surface area contributed by atoms with Crippen molar-refractivity contribution in [1.29, 1.82) is 9.56 Å². The summed E-state index contributed by atoms with van der Waals surface area (Å²) >= 11 is 0. The molecule has 0 heterocycles. The summed E-state index contributed by atoms with van der Waals surface area (Å²) in [5, 5.41) is 0. The van der Waals surface area contributed by atoms with Crippen LogP contribution in [-0.4, -0.2) is 16.8 Å². The lowest BCUT2D eigenvalue weighted by Crippen LogP contribution is -1.34. The molecule has 8 nitrogen and oxygen atoms in total. The van der Waals surface area contributed by atoms with Crippen molar-refractivity contribution < 1.29 is 16.8 Å². The summed E-state index contributed by atoms with van der Waals surface area (Å²) in [6.07, 6.45) is 0. The number of rotatable bonds is 0. The monoisotopic (exact) mass is 192 g/mol. The highest BCUT2D eigenvalue weighted by Gasteiger charge is 1.32. The normalized spacial score (nSPS) is 4.80. The second kappa shape index (κ2) is 15.7. The van der Waals surface area contributed by atoms with Crippen molar-refractivity contribution >= 4 is 21.0 Å². The highest BCUT2D eigenvalue weighted by Crippen LogP contribution is 1.15. The fraction of sp³-hybridized carbons (Fsp3) is 0. The molecule has 0 unspecified atom stereocenters. The largest absolute Gasteiger partial charge is 0.344 e. The van der Waals surface area contributed by atoms with E-state index in [4.69, 9.17) is 26.4 Å². The molecule has 10 heteroatoms. The smallest absolute Gasteiger partial charge is 0.308 e. The molecule has 0 aliphatic heterocycles. The molecule has 8 N–H and O–H groups in total. The Labute approximate surface area is 60.4 Å². The minimum absolute atomic E-state index is 0. The Kier molecular flexibility index (Phi) is 36.0. The Morgan fingerprint density at radius 3 is 0.700 bits per heavy atom. The Bertz CT molecular complexity index is 184. The van der Waals surface area contributed by atoms with Gasteiger partial charge in [0.15, 0.2) is 0 Å². The van der Waals surface area contributed by atoms with Gasteiger partial charge in [-0.15, -0.1) is 0 Å². The molecule has 0 aliphatic rings. The van der Waals surface area contributed by atoms with Crippen LogP contribution >= 0.6 is 0 Å². The van der Waals surface area contributed by atoms with Gasteiger partial charge in [-0.25, -0.2) is 0 Å². The molecule has 0 saturated carbocycles. The van der Waals surface area contributed by atoms with E-state index in [0.29, 0.717) is 0 Å². The Balaban J connectivity index is -0.0000000300. The van der Waals surface area contributed by atoms with Gasteiger partial charge in [-0.05, 0) is 0 Å². The Morgan fingerprint density at radius 1 is 0.700 bits per heavy atom. The average molecular weight is 192 g/mol. The van der Waals surface area contributed by atoms with E-state index in [2.05, 4.69) is 0 Å². The van der Waals surface area contributed by atoms with E-state index in [1.165, 1.54) is 0 Å². The minimum Gasteiger partial charge on any atom is -0.344 e. The fourth-order valence-electron chi connectivity index (χ4n) is 0. The summed E-state index contributed by atoms with van der Waals surface area (Å²) in [6, 6.07) is 0. The van der Waals surface area contributed by atoms with E-state index in [0.717, 1.165) is 0 Å². The zero-order chi connectivity index (χ0) is 7.15. The van der Waals surface area contributed by atoms with Crippen LogP contribution in [0.5, 0.6) is 0 Å². The maximum atomic E-state index is 8.67. The van der Waals surface area contributed by atoms with E-state index in [9.17, 15) is 0 Å². The van der Waals surface area contributed by atoms with Gasteiger partial charge in [0.2, 0.25) is 0 Å². The molecule has 0 aromatic rings. The molecule has 0 amide bonds. The van der Waals surface area contributed by atoms with Crippen LogP contribution in [-0.2, 0) is 21.0 Å². The molecule has 0 atom stereocenters. The average Bonchev–Trinajstić information content (AvgIpc) is 1.25. The molecule has 0 radical (unpaired) electrons. The zero-order valence-electron chi connectivity index (χ0n) is 4.86. The topological polar surface area (TPSA) is 186 Å². The SMILES string of the molecule is N.N.N=S(=O)=O.N=S(=O)=O. The van der Waals surface area contributed by atoms with Gasteiger partial charge < -0.3 is 12.3 Å². The molecule has 0 bridgehead atoms. The van der Waals surface area contributed by atoms with Crippen LogP contribution in [0.3, 0.4) is 0 Å². The standard InChI is InChI=1S/2HNO2S.2H3N/c2*1-4(2)3;;/h2*1H;2*1H3. The van der Waals surface area contributed by atoms with Gasteiger partial charge in [0.05, 0.1) is 0 Å². The van der Waals surface area contributed by atoms with Gasteiger partial charge in [-0.2, -0.15) is 26.4 Å². The lowest BCUT2D eigenvalue weighted by molar-refractivity contribution is 0.618. The summed E-state index contributed by atoms with van der Waals surface area (Å²) in [4.78, 5) is 0. The van der Waals surface area contributed by atoms with Crippen LogP contribution in [0.2, 0.25) is 0 Å². The van der Waals surface area contributed by atoms with E-state index in [-0.39, 0.29) is 12.3 Å². The second-order valence-electron chi connectivity index (χ2n) is 0.469. The molecule has 0 aliphatic carbocycles. The highest BCUT2D eigenvalue weighted by molar-refractivity contribution is 7.60. The van der Waals surface area contributed by atoms with Crippen LogP contribution in [0.15, 0.2) is 0 Å². The van der Waals surface area contributed by atoms with Crippen molar-refractivity contribution in [1.82, 2.24) is 12.3 Å². The second-order valence-corrected chi connectivity index (χ2v) is 1.41. The van der Waals surface area contributed by atoms with Crippen LogP contribution in [0, 0.1) is 9.56 Å². The Morgan fingerprint density at radius 2 is 0.700 bits per heavy atom. The Hall–Kier alpha value is -0.840. The molecule has 0 rings (SSSR count). The van der Waals surface area contributed by atoms with Crippen molar-refractivity contribution in [3.63, 3.8) is 0 Å². The van der Waals surface area contributed by atoms with E-state index < -0.39 is 21.0 Å². The summed E-state index contributed by atoms with van der Waals surface area (Å²) in [5.41, 5.74) is 0. The molecule has 0 aromatic heterocycles. The van der Waals surface area contributed by atoms with Gasteiger partial charge in [0, 0.05) is 0 Å². The lowest BCUT2D eigenvalue weighted by atomic mass is 14.0.